The van der Waals surface area contributed by atoms with Gasteiger partial charge in [-0.25, -0.2) is 9.78 Å². The fraction of sp³-hybridized carbons (Fsp3) is 0.250. The quantitative estimate of drug-likeness (QED) is 0.594. The third-order valence-corrected chi connectivity index (χ3v) is 2.96. The lowest BCUT2D eigenvalue weighted by Gasteiger charge is -2.18. The molecule has 102 valence electrons. The number of hydrogen-bond donors (Lipinski definition) is 0. The van der Waals surface area contributed by atoms with Crippen molar-refractivity contribution in [1.82, 2.24) is 4.98 Å². The van der Waals surface area contributed by atoms with Gasteiger partial charge >= 0.3 is 5.97 Å². The molecule has 0 saturated carbocycles. The molecule has 0 aliphatic heterocycles. The van der Waals surface area contributed by atoms with Gasteiger partial charge in [-0.2, -0.15) is 0 Å². The van der Waals surface area contributed by atoms with Crippen LogP contribution in [0.3, 0.4) is 0 Å². The number of carbonyl (C=O) groups excluding carboxylic acids is 1. The standard InChI is InChI=1S/C16H15NO2S/c1-16(2,3)19-15(18)13-11-20-14(17-13)10-9-12-7-5-4-6-8-12/h4-8,11H,1-3H3. The van der Waals surface area contributed by atoms with Crippen LogP contribution in [0.4, 0.5) is 0 Å². The van der Waals surface area contributed by atoms with E-state index in [1.54, 1.807) is 5.38 Å². The van der Waals surface area contributed by atoms with Crippen molar-refractivity contribution in [3.63, 3.8) is 0 Å². The first-order chi connectivity index (χ1) is 9.44. The van der Waals surface area contributed by atoms with E-state index in [2.05, 4.69) is 16.8 Å². The summed E-state index contributed by atoms with van der Waals surface area (Å²) in [6.07, 6.45) is 0. The SMILES string of the molecule is CC(C)(C)OC(=O)c1csc(C#Cc2ccccc2)n1. The lowest BCUT2D eigenvalue weighted by atomic mass is 10.2. The summed E-state index contributed by atoms with van der Waals surface area (Å²) in [6, 6.07) is 9.65. The summed E-state index contributed by atoms with van der Waals surface area (Å²) in [6.45, 7) is 5.48. The molecular weight excluding hydrogens is 270 g/mol. The Bertz CT molecular complexity index is 657. The van der Waals surface area contributed by atoms with Crippen LogP contribution in [-0.2, 0) is 4.74 Å². The van der Waals surface area contributed by atoms with Gasteiger partial charge < -0.3 is 4.74 Å². The molecule has 2 rings (SSSR count). The molecule has 0 amide bonds. The van der Waals surface area contributed by atoms with E-state index in [4.69, 9.17) is 4.74 Å². The zero-order valence-corrected chi connectivity index (χ0v) is 12.5. The van der Waals surface area contributed by atoms with Crippen LogP contribution in [0.5, 0.6) is 0 Å². The van der Waals surface area contributed by atoms with Crippen molar-refractivity contribution in [2.75, 3.05) is 0 Å². The number of esters is 1. The topological polar surface area (TPSA) is 39.2 Å². The van der Waals surface area contributed by atoms with Crippen LogP contribution in [0, 0.1) is 11.8 Å². The van der Waals surface area contributed by atoms with Crippen molar-refractivity contribution >= 4 is 17.3 Å². The van der Waals surface area contributed by atoms with Crippen molar-refractivity contribution in [3.8, 4) is 11.8 Å². The smallest absolute Gasteiger partial charge is 0.358 e. The van der Waals surface area contributed by atoms with E-state index in [0.717, 1.165) is 5.56 Å². The first kappa shape index (κ1) is 14.3. The molecule has 0 aliphatic rings. The minimum absolute atomic E-state index is 0.308. The minimum Gasteiger partial charge on any atom is -0.455 e. The summed E-state index contributed by atoms with van der Waals surface area (Å²) < 4.78 is 5.26. The van der Waals surface area contributed by atoms with Gasteiger partial charge in [-0.3, -0.25) is 0 Å². The van der Waals surface area contributed by atoms with Crippen LogP contribution >= 0.6 is 11.3 Å². The molecule has 1 aromatic heterocycles. The second-order valence-corrected chi connectivity index (χ2v) is 6.01. The van der Waals surface area contributed by atoms with Crippen molar-refractivity contribution in [1.29, 1.82) is 0 Å². The molecule has 0 unspecified atom stereocenters. The molecule has 0 atom stereocenters. The monoisotopic (exact) mass is 285 g/mol. The van der Waals surface area contributed by atoms with E-state index in [1.165, 1.54) is 11.3 Å². The molecule has 0 N–H and O–H groups in total. The Labute approximate surface area is 122 Å². The molecule has 0 saturated heterocycles. The van der Waals surface area contributed by atoms with Gasteiger partial charge in [-0.1, -0.05) is 24.1 Å². The van der Waals surface area contributed by atoms with E-state index >= 15 is 0 Å². The Hall–Kier alpha value is -2.12. The molecule has 2 aromatic rings. The Morgan fingerprint density at radius 2 is 1.90 bits per heavy atom. The number of nitrogens with zero attached hydrogens (tertiary/aromatic N) is 1. The maximum absolute atomic E-state index is 11.8. The lowest BCUT2D eigenvalue weighted by molar-refractivity contribution is 0.00636. The highest BCUT2D eigenvalue weighted by molar-refractivity contribution is 7.10. The maximum atomic E-state index is 11.8. The van der Waals surface area contributed by atoms with Gasteiger partial charge in [0.05, 0.1) is 0 Å². The van der Waals surface area contributed by atoms with E-state index in [9.17, 15) is 4.79 Å². The Kier molecular flexibility index (Phi) is 4.21. The minimum atomic E-state index is -0.517. The van der Waals surface area contributed by atoms with Gasteiger partial charge in [0.25, 0.3) is 0 Å². The predicted octanol–water partition coefficient (Wildman–Crippen LogP) is 3.50. The third-order valence-electron chi connectivity index (χ3n) is 2.20. The molecule has 1 heterocycles. The van der Waals surface area contributed by atoms with Crippen LogP contribution in [-0.4, -0.2) is 16.6 Å². The first-order valence-electron chi connectivity index (χ1n) is 6.20. The normalized spacial score (nSPS) is 10.6. The van der Waals surface area contributed by atoms with Crippen LogP contribution in [0.1, 0.15) is 41.8 Å². The van der Waals surface area contributed by atoms with Gasteiger partial charge in [0.2, 0.25) is 0 Å². The Morgan fingerprint density at radius 1 is 1.20 bits per heavy atom. The highest BCUT2D eigenvalue weighted by atomic mass is 32.1. The average Bonchev–Trinajstić information content (AvgIpc) is 2.84. The molecule has 0 bridgehead atoms. The van der Waals surface area contributed by atoms with Gasteiger partial charge in [0.1, 0.15) is 5.60 Å². The van der Waals surface area contributed by atoms with Crippen molar-refractivity contribution in [3.05, 3.63) is 52.0 Å². The van der Waals surface area contributed by atoms with Gasteiger partial charge in [0, 0.05) is 10.9 Å². The molecule has 3 nitrogen and oxygen atoms in total. The molecule has 1 aromatic carbocycles. The summed E-state index contributed by atoms with van der Waals surface area (Å²) in [5.74, 6) is 5.54. The van der Waals surface area contributed by atoms with Crippen molar-refractivity contribution in [2.24, 2.45) is 0 Å². The molecule has 4 heteroatoms. The Morgan fingerprint density at radius 3 is 2.55 bits per heavy atom. The average molecular weight is 285 g/mol. The van der Waals surface area contributed by atoms with Crippen molar-refractivity contribution < 1.29 is 9.53 Å². The molecule has 0 aliphatic carbocycles. The van der Waals surface area contributed by atoms with E-state index < -0.39 is 11.6 Å². The highest BCUT2D eigenvalue weighted by Gasteiger charge is 2.19. The van der Waals surface area contributed by atoms with Crippen LogP contribution in [0.25, 0.3) is 0 Å². The maximum Gasteiger partial charge on any atom is 0.358 e. The summed E-state index contributed by atoms with van der Waals surface area (Å²) >= 11 is 1.34. The van der Waals surface area contributed by atoms with Crippen LogP contribution in [0.15, 0.2) is 35.7 Å². The fourth-order valence-corrected chi connectivity index (χ4v) is 2.04. The highest BCUT2D eigenvalue weighted by Crippen LogP contribution is 2.14. The van der Waals surface area contributed by atoms with E-state index in [1.807, 2.05) is 51.1 Å². The summed E-state index contributed by atoms with van der Waals surface area (Å²) in [5.41, 5.74) is 0.708. The largest absolute Gasteiger partial charge is 0.455 e. The van der Waals surface area contributed by atoms with E-state index in [0.29, 0.717) is 10.7 Å². The number of carbonyl (C=O) groups is 1. The second-order valence-electron chi connectivity index (χ2n) is 5.16. The zero-order valence-electron chi connectivity index (χ0n) is 11.6. The number of benzene rings is 1. The molecule has 0 spiro atoms. The summed E-state index contributed by atoms with van der Waals surface area (Å²) in [5, 5.41) is 2.28. The molecule has 0 fully saturated rings. The van der Waals surface area contributed by atoms with E-state index in [-0.39, 0.29) is 0 Å². The molecule has 0 radical (unpaired) electrons. The first-order valence-corrected chi connectivity index (χ1v) is 7.08. The number of aromatic nitrogens is 1. The lowest BCUT2D eigenvalue weighted by Crippen LogP contribution is -2.24. The van der Waals surface area contributed by atoms with Crippen molar-refractivity contribution in [2.45, 2.75) is 26.4 Å². The third kappa shape index (κ3) is 4.22. The number of thiazole rings is 1. The summed E-state index contributed by atoms with van der Waals surface area (Å²) in [4.78, 5) is 16.0. The summed E-state index contributed by atoms with van der Waals surface area (Å²) in [7, 11) is 0. The number of hydrogen-bond acceptors (Lipinski definition) is 4. The number of rotatable bonds is 1. The number of ether oxygens (including phenoxy) is 1. The Balaban J connectivity index is 2.10. The van der Waals surface area contributed by atoms with Gasteiger partial charge in [-0.05, 0) is 38.8 Å². The second kappa shape index (κ2) is 5.89. The molecular formula is C16H15NO2S. The predicted molar refractivity (Wildman–Crippen MR) is 79.7 cm³/mol. The van der Waals surface area contributed by atoms with Gasteiger partial charge in [-0.15, -0.1) is 11.3 Å². The molecule has 20 heavy (non-hydrogen) atoms. The van der Waals surface area contributed by atoms with Gasteiger partial charge in [0.15, 0.2) is 10.7 Å². The zero-order chi connectivity index (χ0) is 14.6. The van der Waals surface area contributed by atoms with Crippen LogP contribution in [0.2, 0.25) is 0 Å². The fourth-order valence-electron chi connectivity index (χ4n) is 1.40. The van der Waals surface area contributed by atoms with Crippen LogP contribution < -0.4 is 0 Å².